The normalized spacial score (nSPS) is 12.7. The van der Waals surface area contributed by atoms with Crippen molar-refractivity contribution in [3.8, 4) is 11.5 Å². The van der Waals surface area contributed by atoms with Crippen LogP contribution in [-0.2, 0) is 11.3 Å². The van der Waals surface area contributed by atoms with Crippen molar-refractivity contribution in [2.45, 2.75) is 19.4 Å². The Labute approximate surface area is 106 Å². The number of ether oxygens (including phenoxy) is 3. The maximum absolute atomic E-state index is 5.52. The third-order valence-corrected chi connectivity index (χ3v) is 2.62. The molecule has 0 bridgehead atoms. The first-order chi connectivity index (χ1) is 8.25. The van der Waals surface area contributed by atoms with Crippen molar-refractivity contribution >= 4 is 17.2 Å². The Bertz CT molecular complexity index is 409. The van der Waals surface area contributed by atoms with E-state index in [1.807, 2.05) is 18.2 Å². The molecule has 2 N–H and O–H groups in total. The number of fused-ring (bicyclic) bond motifs is 1. The molecule has 0 atom stereocenters. The summed E-state index contributed by atoms with van der Waals surface area (Å²) >= 11 is 4.78. The van der Waals surface area contributed by atoms with Gasteiger partial charge in [-0.25, -0.2) is 0 Å². The fourth-order valence-corrected chi connectivity index (χ4v) is 1.71. The van der Waals surface area contributed by atoms with Gasteiger partial charge in [-0.15, -0.1) is 0 Å². The third-order valence-electron chi connectivity index (χ3n) is 2.42. The summed E-state index contributed by atoms with van der Waals surface area (Å²) in [5.41, 5.74) is 6.47. The van der Waals surface area contributed by atoms with Crippen LogP contribution >= 0.6 is 12.2 Å². The zero-order valence-electron chi connectivity index (χ0n) is 9.48. The lowest BCUT2D eigenvalue weighted by molar-refractivity contribution is 0.119. The smallest absolute Gasteiger partial charge is 0.231 e. The van der Waals surface area contributed by atoms with E-state index in [9.17, 15) is 0 Å². The van der Waals surface area contributed by atoms with Gasteiger partial charge in [0.25, 0.3) is 0 Å². The molecule has 1 aliphatic heterocycles. The van der Waals surface area contributed by atoms with E-state index >= 15 is 0 Å². The molecule has 0 saturated carbocycles. The molecule has 1 aromatic carbocycles. The summed E-state index contributed by atoms with van der Waals surface area (Å²) in [5, 5.41) is 0. The van der Waals surface area contributed by atoms with E-state index in [0.29, 0.717) is 25.0 Å². The quantitative estimate of drug-likeness (QED) is 0.620. The largest absolute Gasteiger partial charge is 0.454 e. The summed E-state index contributed by atoms with van der Waals surface area (Å²) in [6.45, 7) is 1.52. The van der Waals surface area contributed by atoms with Gasteiger partial charge in [0.2, 0.25) is 6.79 Å². The van der Waals surface area contributed by atoms with Gasteiger partial charge in [0.15, 0.2) is 11.5 Å². The highest BCUT2D eigenvalue weighted by Crippen LogP contribution is 2.32. The molecule has 0 fully saturated rings. The summed E-state index contributed by atoms with van der Waals surface area (Å²) < 4.78 is 16.0. The van der Waals surface area contributed by atoms with E-state index < -0.39 is 0 Å². The lowest BCUT2D eigenvalue weighted by Gasteiger charge is -2.05. The Morgan fingerprint density at radius 1 is 1.35 bits per heavy atom. The first-order valence-corrected chi connectivity index (χ1v) is 5.91. The summed E-state index contributed by atoms with van der Waals surface area (Å²) in [6.07, 6.45) is 1.59. The minimum absolute atomic E-state index is 0.299. The van der Waals surface area contributed by atoms with E-state index in [0.717, 1.165) is 29.9 Å². The van der Waals surface area contributed by atoms with Crippen molar-refractivity contribution in [1.82, 2.24) is 0 Å². The third kappa shape index (κ3) is 3.57. The zero-order chi connectivity index (χ0) is 12.1. The molecule has 1 aliphatic rings. The molecule has 1 heterocycles. The Morgan fingerprint density at radius 3 is 3.00 bits per heavy atom. The second-order valence-corrected chi connectivity index (χ2v) is 4.33. The molecule has 1 aromatic rings. The molecule has 0 saturated heterocycles. The zero-order valence-corrected chi connectivity index (χ0v) is 10.3. The topological polar surface area (TPSA) is 53.7 Å². The highest BCUT2D eigenvalue weighted by molar-refractivity contribution is 7.80. The molecule has 0 amide bonds. The summed E-state index contributed by atoms with van der Waals surface area (Å²) in [5.74, 6) is 1.58. The van der Waals surface area contributed by atoms with Crippen LogP contribution in [0.1, 0.15) is 18.4 Å². The molecule has 92 valence electrons. The van der Waals surface area contributed by atoms with Crippen molar-refractivity contribution in [1.29, 1.82) is 0 Å². The van der Waals surface area contributed by atoms with Crippen LogP contribution in [0, 0.1) is 0 Å². The Kier molecular flexibility index (Phi) is 4.17. The monoisotopic (exact) mass is 253 g/mol. The molecule has 0 aromatic heterocycles. The second-order valence-electron chi connectivity index (χ2n) is 3.81. The predicted octanol–water partition coefficient (Wildman–Crippen LogP) is 2.00. The number of rotatable bonds is 6. The Balaban J connectivity index is 1.74. The van der Waals surface area contributed by atoms with E-state index in [2.05, 4.69) is 0 Å². The average molecular weight is 253 g/mol. The molecule has 0 aliphatic carbocycles. The second kappa shape index (κ2) is 5.84. The van der Waals surface area contributed by atoms with Crippen molar-refractivity contribution in [2.75, 3.05) is 13.4 Å². The molecular formula is C12H15NO3S. The molecule has 4 nitrogen and oxygen atoms in total. The number of hydrogen-bond donors (Lipinski definition) is 1. The molecule has 0 unspecified atom stereocenters. The van der Waals surface area contributed by atoms with E-state index in [1.54, 1.807) is 0 Å². The van der Waals surface area contributed by atoms with Gasteiger partial charge in [0.05, 0.1) is 11.6 Å². The molecule has 17 heavy (non-hydrogen) atoms. The van der Waals surface area contributed by atoms with Gasteiger partial charge >= 0.3 is 0 Å². The van der Waals surface area contributed by atoms with Gasteiger partial charge in [-0.1, -0.05) is 18.3 Å². The van der Waals surface area contributed by atoms with Gasteiger partial charge in [-0.2, -0.15) is 0 Å². The number of thiocarbonyl (C=S) groups is 1. The van der Waals surface area contributed by atoms with Crippen LogP contribution in [0.4, 0.5) is 0 Å². The first kappa shape index (κ1) is 12.1. The van der Waals surface area contributed by atoms with Gasteiger partial charge in [-0.3, -0.25) is 0 Å². The number of nitrogens with two attached hydrogens (primary N) is 1. The van der Waals surface area contributed by atoms with Crippen LogP contribution < -0.4 is 15.2 Å². The Morgan fingerprint density at radius 2 is 2.18 bits per heavy atom. The highest BCUT2D eigenvalue weighted by Gasteiger charge is 2.12. The maximum Gasteiger partial charge on any atom is 0.231 e. The molecule has 5 heteroatoms. The average Bonchev–Trinajstić information content (AvgIpc) is 2.75. The summed E-state index contributed by atoms with van der Waals surface area (Å²) in [6, 6.07) is 5.81. The van der Waals surface area contributed by atoms with Gasteiger partial charge < -0.3 is 19.9 Å². The van der Waals surface area contributed by atoms with Crippen LogP contribution in [0.25, 0.3) is 0 Å². The molecule has 2 rings (SSSR count). The van der Waals surface area contributed by atoms with Crippen LogP contribution in [0.5, 0.6) is 11.5 Å². The highest BCUT2D eigenvalue weighted by atomic mass is 32.1. The van der Waals surface area contributed by atoms with Gasteiger partial charge in [0, 0.05) is 6.61 Å². The van der Waals surface area contributed by atoms with Crippen LogP contribution in [0.3, 0.4) is 0 Å². The lowest BCUT2D eigenvalue weighted by atomic mass is 10.2. The first-order valence-electron chi connectivity index (χ1n) is 5.50. The van der Waals surface area contributed by atoms with Crippen LogP contribution in [-0.4, -0.2) is 18.4 Å². The van der Waals surface area contributed by atoms with Crippen LogP contribution in [0.2, 0.25) is 0 Å². The number of hydrogen-bond acceptors (Lipinski definition) is 4. The van der Waals surface area contributed by atoms with Crippen molar-refractivity contribution < 1.29 is 14.2 Å². The molecular weight excluding hydrogens is 238 g/mol. The lowest BCUT2D eigenvalue weighted by Crippen LogP contribution is -2.08. The minimum atomic E-state index is 0.299. The SMILES string of the molecule is NC(=S)CCCOCc1ccc2c(c1)OCO2. The Hall–Kier alpha value is -1.33. The van der Waals surface area contributed by atoms with E-state index in [4.69, 9.17) is 32.2 Å². The van der Waals surface area contributed by atoms with Crippen molar-refractivity contribution in [2.24, 2.45) is 5.73 Å². The van der Waals surface area contributed by atoms with Gasteiger partial charge in [-0.05, 0) is 30.5 Å². The standard InChI is InChI=1S/C12H15NO3S/c13-12(17)2-1-5-14-7-9-3-4-10-11(6-9)16-8-15-10/h3-4,6H,1-2,5,7-8H2,(H2,13,17). The summed E-state index contributed by atoms with van der Waals surface area (Å²) in [7, 11) is 0. The molecule has 0 spiro atoms. The van der Waals surface area contributed by atoms with Crippen LogP contribution in [0.15, 0.2) is 18.2 Å². The minimum Gasteiger partial charge on any atom is -0.454 e. The summed E-state index contributed by atoms with van der Waals surface area (Å²) in [4.78, 5) is 0.539. The number of benzene rings is 1. The fourth-order valence-electron chi connectivity index (χ4n) is 1.57. The predicted molar refractivity (Wildman–Crippen MR) is 68.2 cm³/mol. The van der Waals surface area contributed by atoms with Crippen molar-refractivity contribution in [3.63, 3.8) is 0 Å². The fraction of sp³-hybridized carbons (Fsp3) is 0.417. The molecule has 0 radical (unpaired) electrons. The van der Waals surface area contributed by atoms with E-state index in [1.165, 1.54) is 0 Å². The maximum atomic E-state index is 5.52. The van der Waals surface area contributed by atoms with Gasteiger partial charge in [0.1, 0.15) is 0 Å². The van der Waals surface area contributed by atoms with E-state index in [-0.39, 0.29) is 0 Å². The van der Waals surface area contributed by atoms with Crippen molar-refractivity contribution in [3.05, 3.63) is 23.8 Å².